The molecule has 2 aromatic rings. The van der Waals surface area contributed by atoms with Gasteiger partial charge in [-0.2, -0.15) is 5.10 Å². The van der Waals surface area contributed by atoms with Gasteiger partial charge >= 0.3 is 5.97 Å². The standard InChI is InChI=1S/C16H21N3O2/c1-13(10-17-11-15-8-9-19(2)18-15)16(20)21-12-14-6-4-3-5-7-14/h3-9,13,17H,10-12H2,1-2H3. The molecule has 5 nitrogen and oxygen atoms in total. The molecule has 0 aliphatic rings. The summed E-state index contributed by atoms with van der Waals surface area (Å²) in [5.41, 5.74) is 1.96. The van der Waals surface area contributed by atoms with Crippen molar-refractivity contribution in [3.05, 3.63) is 53.9 Å². The molecule has 0 aliphatic carbocycles. The summed E-state index contributed by atoms with van der Waals surface area (Å²) in [6.45, 7) is 3.41. The van der Waals surface area contributed by atoms with E-state index in [0.717, 1.165) is 11.3 Å². The fourth-order valence-electron chi connectivity index (χ4n) is 1.93. The molecule has 0 amide bonds. The Hall–Kier alpha value is -2.14. The molecule has 0 radical (unpaired) electrons. The van der Waals surface area contributed by atoms with Crippen LogP contribution in [0.2, 0.25) is 0 Å². The van der Waals surface area contributed by atoms with Gasteiger partial charge in [0.25, 0.3) is 0 Å². The zero-order valence-corrected chi connectivity index (χ0v) is 12.5. The normalized spacial score (nSPS) is 12.1. The summed E-state index contributed by atoms with van der Waals surface area (Å²) < 4.78 is 7.06. The first kappa shape index (κ1) is 15.3. The number of esters is 1. The van der Waals surface area contributed by atoms with Gasteiger partial charge in [0.05, 0.1) is 11.6 Å². The van der Waals surface area contributed by atoms with Crippen molar-refractivity contribution in [2.45, 2.75) is 20.1 Å². The van der Waals surface area contributed by atoms with E-state index in [0.29, 0.717) is 19.7 Å². The van der Waals surface area contributed by atoms with Gasteiger partial charge in [-0.1, -0.05) is 37.3 Å². The van der Waals surface area contributed by atoms with E-state index in [1.54, 1.807) is 4.68 Å². The van der Waals surface area contributed by atoms with Crippen molar-refractivity contribution in [1.29, 1.82) is 0 Å². The number of benzene rings is 1. The van der Waals surface area contributed by atoms with Crippen LogP contribution < -0.4 is 5.32 Å². The summed E-state index contributed by atoms with van der Waals surface area (Å²) in [5, 5.41) is 7.48. The lowest BCUT2D eigenvalue weighted by atomic mass is 10.2. The second kappa shape index (κ2) is 7.59. The number of carbonyl (C=O) groups excluding carboxylic acids is 1. The summed E-state index contributed by atoms with van der Waals surface area (Å²) in [4.78, 5) is 11.9. The maximum atomic E-state index is 11.9. The summed E-state index contributed by atoms with van der Waals surface area (Å²) in [6.07, 6.45) is 1.90. The van der Waals surface area contributed by atoms with Crippen LogP contribution in [0.4, 0.5) is 0 Å². The van der Waals surface area contributed by atoms with Gasteiger partial charge in [-0.05, 0) is 11.6 Å². The average molecular weight is 287 g/mol. The van der Waals surface area contributed by atoms with Gasteiger partial charge in [0.2, 0.25) is 0 Å². The molecule has 0 fully saturated rings. The van der Waals surface area contributed by atoms with E-state index >= 15 is 0 Å². The number of nitrogens with zero attached hydrogens (tertiary/aromatic N) is 2. The molecule has 0 saturated carbocycles. The van der Waals surface area contributed by atoms with Crippen molar-refractivity contribution >= 4 is 5.97 Å². The third-order valence-corrected chi connectivity index (χ3v) is 3.15. The molecule has 1 aromatic heterocycles. The lowest BCUT2D eigenvalue weighted by Gasteiger charge is -2.12. The molecule has 0 bridgehead atoms. The van der Waals surface area contributed by atoms with Crippen LogP contribution in [0, 0.1) is 5.92 Å². The summed E-state index contributed by atoms with van der Waals surface area (Å²) in [6, 6.07) is 11.6. The number of ether oxygens (including phenoxy) is 1. The Labute approximate surface area is 124 Å². The Morgan fingerprint density at radius 3 is 2.76 bits per heavy atom. The molecule has 1 heterocycles. The lowest BCUT2D eigenvalue weighted by molar-refractivity contribution is -0.149. The zero-order valence-electron chi connectivity index (χ0n) is 12.5. The molecule has 2 rings (SSSR count). The Morgan fingerprint density at radius 1 is 1.33 bits per heavy atom. The topological polar surface area (TPSA) is 56.2 Å². The molecule has 1 atom stereocenters. The monoisotopic (exact) mass is 287 g/mol. The highest BCUT2D eigenvalue weighted by Crippen LogP contribution is 2.04. The van der Waals surface area contributed by atoms with Crippen molar-refractivity contribution in [2.24, 2.45) is 13.0 Å². The second-order valence-electron chi connectivity index (χ2n) is 5.11. The second-order valence-corrected chi connectivity index (χ2v) is 5.11. The Morgan fingerprint density at radius 2 is 2.10 bits per heavy atom. The third kappa shape index (κ3) is 5.04. The molecule has 1 unspecified atom stereocenters. The number of aryl methyl sites for hydroxylation is 1. The minimum absolute atomic E-state index is 0.183. The zero-order chi connectivity index (χ0) is 15.1. The van der Waals surface area contributed by atoms with Crippen LogP contribution in [-0.2, 0) is 29.7 Å². The van der Waals surface area contributed by atoms with Crippen LogP contribution in [0.1, 0.15) is 18.2 Å². The third-order valence-electron chi connectivity index (χ3n) is 3.15. The number of carbonyl (C=O) groups is 1. The predicted molar refractivity (Wildman–Crippen MR) is 80.3 cm³/mol. The largest absolute Gasteiger partial charge is 0.461 e. The Bertz CT molecular complexity index is 566. The van der Waals surface area contributed by atoms with E-state index in [-0.39, 0.29) is 11.9 Å². The van der Waals surface area contributed by atoms with E-state index < -0.39 is 0 Å². The first-order valence-electron chi connectivity index (χ1n) is 7.05. The number of hydrogen-bond acceptors (Lipinski definition) is 4. The number of hydrogen-bond donors (Lipinski definition) is 1. The summed E-state index contributed by atoms with van der Waals surface area (Å²) >= 11 is 0. The molecule has 0 saturated heterocycles. The van der Waals surface area contributed by atoms with Crippen LogP contribution in [0.5, 0.6) is 0 Å². The Kier molecular flexibility index (Phi) is 5.51. The predicted octanol–water partition coefficient (Wildman–Crippen LogP) is 1.89. The van der Waals surface area contributed by atoms with Gasteiger partial charge in [0.1, 0.15) is 6.61 Å². The highest BCUT2D eigenvalue weighted by Gasteiger charge is 2.14. The fraction of sp³-hybridized carbons (Fsp3) is 0.375. The maximum absolute atomic E-state index is 11.9. The van der Waals surface area contributed by atoms with Crippen molar-refractivity contribution in [3.8, 4) is 0 Å². The van der Waals surface area contributed by atoms with Crippen molar-refractivity contribution in [2.75, 3.05) is 6.54 Å². The minimum atomic E-state index is -0.188. The SMILES string of the molecule is CC(CNCc1ccn(C)n1)C(=O)OCc1ccccc1. The van der Waals surface area contributed by atoms with Crippen LogP contribution in [0.15, 0.2) is 42.6 Å². The van der Waals surface area contributed by atoms with Crippen LogP contribution in [0.25, 0.3) is 0 Å². The molecule has 21 heavy (non-hydrogen) atoms. The Balaban J connectivity index is 1.67. The molecule has 1 N–H and O–H groups in total. The van der Waals surface area contributed by atoms with Gasteiger partial charge in [0, 0.05) is 26.3 Å². The highest BCUT2D eigenvalue weighted by atomic mass is 16.5. The van der Waals surface area contributed by atoms with Gasteiger partial charge < -0.3 is 10.1 Å². The molecule has 5 heteroatoms. The average Bonchev–Trinajstić information content (AvgIpc) is 2.91. The summed E-state index contributed by atoms with van der Waals surface area (Å²) in [7, 11) is 1.88. The highest BCUT2D eigenvalue weighted by molar-refractivity contribution is 5.72. The maximum Gasteiger partial charge on any atom is 0.310 e. The molecule has 0 aliphatic heterocycles. The minimum Gasteiger partial charge on any atom is -0.461 e. The van der Waals surface area contributed by atoms with Gasteiger partial charge in [-0.3, -0.25) is 9.48 Å². The van der Waals surface area contributed by atoms with Crippen LogP contribution in [0.3, 0.4) is 0 Å². The van der Waals surface area contributed by atoms with Crippen molar-refractivity contribution in [3.63, 3.8) is 0 Å². The number of rotatable bonds is 7. The van der Waals surface area contributed by atoms with E-state index in [2.05, 4.69) is 10.4 Å². The van der Waals surface area contributed by atoms with Crippen molar-refractivity contribution in [1.82, 2.24) is 15.1 Å². The van der Waals surface area contributed by atoms with Crippen LogP contribution >= 0.6 is 0 Å². The van der Waals surface area contributed by atoms with E-state index in [1.165, 1.54) is 0 Å². The molecule has 112 valence electrons. The smallest absolute Gasteiger partial charge is 0.310 e. The lowest BCUT2D eigenvalue weighted by Crippen LogP contribution is -2.27. The molecular weight excluding hydrogens is 266 g/mol. The van der Waals surface area contributed by atoms with E-state index in [1.807, 2.05) is 56.6 Å². The van der Waals surface area contributed by atoms with Gasteiger partial charge in [-0.15, -0.1) is 0 Å². The van der Waals surface area contributed by atoms with E-state index in [4.69, 9.17) is 4.74 Å². The van der Waals surface area contributed by atoms with Crippen LogP contribution in [-0.4, -0.2) is 22.3 Å². The van der Waals surface area contributed by atoms with E-state index in [9.17, 15) is 4.79 Å². The first-order valence-corrected chi connectivity index (χ1v) is 7.05. The fourth-order valence-corrected chi connectivity index (χ4v) is 1.93. The van der Waals surface area contributed by atoms with Crippen molar-refractivity contribution < 1.29 is 9.53 Å². The van der Waals surface area contributed by atoms with Gasteiger partial charge in [-0.25, -0.2) is 0 Å². The first-order chi connectivity index (χ1) is 10.1. The number of aromatic nitrogens is 2. The molecule has 1 aromatic carbocycles. The molecule has 0 spiro atoms. The number of nitrogens with one attached hydrogen (secondary N) is 1. The summed E-state index contributed by atoms with van der Waals surface area (Å²) in [5.74, 6) is -0.371. The molecular formula is C16H21N3O2. The quantitative estimate of drug-likeness (QED) is 0.790. The van der Waals surface area contributed by atoms with Gasteiger partial charge in [0.15, 0.2) is 0 Å².